The van der Waals surface area contributed by atoms with Gasteiger partial charge in [0.2, 0.25) is 0 Å². The van der Waals surface area contributed by atoms with E-state index in [2.05, 4.69) is 177 Å². The van der Waals surface area contributed by atoms with Crippen LogP contribution in [0, 0.1) is 0 Å². The molecule has 0 radical (unpaired) electrons. The van der Waals surface area contributed by atoms with E-state index in [1.807, 2.05) is 0 Å². The maximum absolute atomic E-state index is 5.75. The first-order chi connectivity index (χ1) is 26.3. The van der Waals surface area contributed by atoms with Gasteiger partial charge in [-0.3, -0.25) is 8.80 Å². The molecule has 0 N–H and O–H groups in total. The Morgan fingerprint density at radius 1 is 0.377 bits per heavy atom. The van der Waals surface area contributed by atoms with Gasteiger partial charge in [-0.2, -0.15) is 0 Å². The predicted octanol–water partition coefficient (Wildman–Crippen LogP) is 12.6. The molecule has 5 nitrogen and oxygen atoms in total. The van der Waals surface area contributed by atoms with Crippen LogP contribution in [0.25, 0.3) is 98.3 Å². The van der Waals surface area contributed by atoms with Crippen LogP contribution in [0.4, 0.5) is 17.1 Å². The van der Waals surface area contributed by atoms with Gasteiger partial charge in [-0.05, 0) is 58.6 Å². The Kier molecular flexibility index (Phi) is 5.06. The molecule has 8 aromatic carbocycles. The smallest absolute Gasteiger partial charge is 0.165 e. The minimum atomic E-state index is 0.874. The van der Waals surface area contributed by atoms with Gasteiger partial charge in [0.1, 0.15) is 11.0 Å². The van der Waals surface area contributed by atoms with Crippen molar-refractivity contribution in [3.8, 4) is 0 Å². The normalized spacial score (nSPS) is 12.5. The summed E-state index contributed by atoms with van der Waals surface area (Å²) in [6, 6.07) is 59.0. The third kappa shape index (κ3) is 3.37. The van der Waals surface area contributed by atoms with Gasteiger partial charge in [-0.1, -0.05) is 121 Å². The van der Waals surface area contributed by atoms with Crippen molar-refractivity contribution in [2.75, 3.05) is 4.90 Å². The molecule has 5 heteroatoms. The molecule has 0 atom stereocenters. The summed E-state index contributed by atoms with van der Waals surface area (Å²) in [5, 5.41) is 11.9. The molecule has 0 fully saturated rings. The van der Waals surface area contributed by atoms with E-state index >= 15 is 0 Å². The highest BCUT2D eigenvalue weighted by Gasteiger charge is 2.28. The third-order valence-electron chi connectivity index (χ3n) is 11.5. The highest BCUT2D eigenvalue weighted by atomic mass is 15.2. The number of fused-ring (bicyclic) bond motifs is 15. The number of benzene rings is 8. The Balaban J connectivity index is 1.29. The van der Waals surface area contributed by atoms with Crippen molar-refractivity contribution >= 4 is 115 Å². The highest BCUT2D eigenvalue weighted by molar-refractivity contribution is 6.32. The number of anilines is 3. The van der Waals surface area contributed by atoms with Gasteiger partial charge >= 0.3 is 0 Å². The van der Waals surface area contributed by atoms with Gasteiger partial charge in [0, 0.05) is 49.1 Å². The molecule has 0 spiro atoms. The first-order valence-corrected chi connectivity index (χ1v) is 18.1. The molecule has 5 heterocycles. The molecule has 0 saturated heterocycles. The molecular formula is C48H27N5. The SMILES string of the molecule is c1ccc(N(c2ccccc2)c2c3ccccc3cc3c4cccc5c6nc7c(nc6n(c23)c45)c2c3ccccc3cc3c4ccccc4n7c32)cc1. The van der Waals surface area contributed by atoms with E-state index in [1.165, 1.54) is 48.6 Å². The number of nitrogens with zero attached hydrogens (tertiary/aromatic N) is 5. The Morgan fingerprint density at radius 3 is 1.68 bits per heavy atom. The van der Waals surface area contributed by atoms with E-state index in [0.29, 0.717) is 0 Å². The Bertz CT molecular complexity index is 3580. The molecule has 0 aliphatic heterocycles. The molecule has 5 aromatic heterocycles. The van der Waals surface area contributed by atoms with E-state index in [0.717, 1.165) is 66.7 Å². The third-order valence-corrected chi connectivity index (χ3v) is 11.5. The molecule has 0 bridgehead atoms. The summed E-state index contributed by atoms with van der Waals surface area (Å²) < 4.78 is 4.77. The van der Waals surface area contributed by atoms with Gasteiger partial charge in [0.05, 0.1) is 27.8 Å². The summed E-state index contributed by atoms with van der Waals surface area (Å²) >= 11 is 0. The van der Waals surface area contributed by atoms with Gasteiger partial charge in [-0.15, -0.1) is 0 Å². The molecule has 244 valence electrons. The molecule has 0 saturated carbocycles. The zero-order chi connectivity index (χ0) is 34.4. The topological polar surface area (TPSA) is 37.8 Å². The second kappa shape index (κ2) is 9.75. The van der Waals surface area contributed by atoms with Crippen LogP contribution >= 0.6 is 0 Å². The van der Waals surface area contributed by atoms with Crippen molar-refractivity contribution in [3.63, 3.8) is 0 Å². The van der Waals surface area contributed by atoms with Gasteiger partial charge < -0.3 is 4.90 Å². The second-order valence-electron chi connectivity index (χ2n) is 14.2. The van der Waals surface area contributed by atoms with Gasteiger partial charge in [0.15, 0.2) is 11.3 Å². The highest BCUT2D eigenvalue weighted by Crippen LogP contribution is 2.49. The number of hydrogen-bond donors (Lipinski definition) is 0. The zero-order valence-corrected chi connectivity index (χ0v) is 28.3. The minimum Gasteiger partial charge on any atom is -0.308 e. The molecule has 0 unspecified atom stereocenters. The van der Waals surface area contributed by atoms with Crippen LogP contribution in [-0.4, -0.2) is 18.8 Å². The molecule has 53 heavy (non-hydrogen) atoms. The van der Waals surface area contributed by atoms with E-state index < -0.39 is 0 Å². The first-order valence-electron chi connectivity index (χ1n) is 18.1. The summed E-state index contributed by atoms with van der Waals surface area (Å²) in [5.41, 5.74) is 11.5. The van der Waals surface area contributed by atoms with Crippen molar-refractivity contribution in [1.82, 2.24) is 18.8 Å². The summed E-state index contributed by atoms with van der Waals surface area (Å²) in [5.74, 6) is 0. The first kappa shape index (κ1) is 27.5. The van der Waals surface area contributed by atoms with Crippen LogP contribution in [0.2, 0.25) is 0 Å². The average Bonchev–Trinajstić information content (AvgIpc) is 3.94. The lowest BCUT2D eigenvalue weighted by Gasteiger charge is -2.28. The monoisotopic (exact) mass is 673 g/mol. The summed E-state index contributed by atoms with van der Waals surface area (Å²) in [6.07, 6.45) is 0. The fourth-order valence-electron chi connectivity index (χ4n) is 9.38. The van der Waals surface area contributed by atoms with Gasteiger partial charge in [-0.25, -0.2) is 9.97 Å². The fraction of sp³-hybridized carbons (Fsp3) is 0. The van der Waals surface area contributed by atoms with E-state index in [-0.39, 0.29) is 0 Å². The van der Waals surface area contributed by atoms with Crippen molar-refractivity contribution in [2.45, 2.75) is 0 Å². The van der Waals surface area contributed by atoms with Crippen LogP contribution in [-0.2, 0) is 0 Å². The Hall–Kier alpha value is -7.24. The lowest BCUT2D eigenvalue weighted by atomic mass is 10.0. The molecule has 0 amide bonds. The molecule has 0 aliphatic carbocycles. The van der Waals surface area contributed by atoms with Crippen LogP contribution in [0.1, 0.15) is 0 Å². The Labute approximate surface area is 301 Å². The van der Waals surface area contributed by atoms with Crippen molar-refractivity contribution in [1.29, 1.82) is 0 Å². The van der Waals surface area contributed by atoms with Crippen molar-refractivity contribution < 1.29 is 0 Å². The largest absolute Gasteiger partial charge is 0.308 e. The van der Waals surface area contributed by atoms with E-state index in [4.69, 9.17) is 9.97 Å². The number of hydrogen-bond acceptors (Lipinski definition) is 3. The van der Waals surface area contributed by atoms with Crippen LogP contribution in [0.15, 0.2) is 164 Å². The Morgan fingerprint density at radius 2 is 0.925 bits per heavy atom. The van der Waals surface area contributed by atoms with Crippen molar-refractivity contribution in [2.24, 2.45) is 0 Å². The number of aromatic nitrogens is 4. The molecule has 13 aromatic rings. The predicted molar refractivity (Wildman–Crippen MR) is 221 cm³/mol. The summed E-state index contributed by atoms with van der Waals surface area (Å²) in [6.45, 7) is 0. The summed E-state index contributed by atoms with van der Waals surface area (Å²) in [4.78, 5) is 13.8. The second-order valence-corrected chi connectivity index (χ2v) is 14.2. The number of para-hydroxylation sites is 4. The van der Waals surface area contributed by atoms with Crippen LogP contribution < -0.4 is 4.90 Å². The maximum atomic E-state index is 5.75. The standard InChI is InChI=1S/C48H27N5/c1-3-16-30(17-4-1)51(31-18-5-2-6-19-31)45-33-21-10-8-15-29(33)27-38-35-23-13-24-36-41-47(53(43(35)36)46(38)45)50-42-40-32-20-9-7-14-28(32)26-37-34-22-11-12-25-39(34)52(44(37)40)48(42)49-41/h1-27H. The van der Waals surface area contributed by atoms with Gasteiger partial charge in [0.25, 0.3) is 0 Å². The van der Waals surface area contributed by atoms with E-state index in [9.17, 15) is 0 Å². The van der Waals surface area contributed by atoms with E-state index in [1.54, 1.807) is 0 Å². The van der Waals surface area contributed by atoms with Crippen molar-refractivity contribution in [3.05, 3.63) is 164 Å². The number of rotatable bonds is 3. The molecule has 0 aliphatic rings. The summed E-state index contributed by atoms with van der Waals surface area (Å²) in [7, 11) is 0. The lowest BCUT2D eigenvalue weighted by molar-refractivity contribution is 1.24. The lowest BCUT2D eigenvalue weighted by Crippen LogP contribution is -2.11. The quantitative estimate of drug-likeness (QED) is 0.187. The maximum Gasteiger partial charge on any atom is 0.165 e. The van der Waals surface area contributed by atoms with Crippen LogP contribution in [0.3, 0.4) is 0 Å². The fourth-order valence-corrected chi connectivity index (χ4v) is 9.38. The average molecular weight is 674 g/mol. The molecule has 13 rings (SSSR count). The zero-order valence-electron chi connectivity index (χ0n) is 28.3. The van der Waals surface area contributed by atoms with Crippen LogP contribution in [0.5, 0.6) is 0 Å². The minimum absolute atomic E-state index is 0.874. The molecular weight excluding hydrogens is 647 g/mol.